The molecule has 1 amide bonds. The molecule has 0 aliphatic heterocycles. The number of amides is 1. The fraction of sp³-hybridized carbons (Fsp3) is 0.478. The van der Waals surface area contributed by atoms with Gasteiger partial charge in [0.1, 0.15) is 12.1 Å². The van der Waals surface area contributed by atoms with E-state index in [0.29, 0.717) is 29.7 Å². The maximum absolute atomic E-state index is 13.6. The summed E-state index contributed by atoms with van der Waals surface area (Å²) in [4.78, 5) is 17.8. The number of rotatable bonds is 6. The van der Waals surface area contributed by atoms with Gasteiger partial charge in [0.2, 0.25) is 11.2 Å². The van der Waals surface area contributed by atoms with Crippen LogP contribution < -0.4 is 10.0 Å². The summed E-state index contributed by atoms with van der Waals surface area (Å²) >= 11 is 6.02. The third-order valence-corrected chi connectivity index (χ3v) is 9.29. The number of sulfonamides is 1. The van der Waals surface area contributed by atoms with Gasteiger partial charge in [-0.2, -0.15) is 0 Å². The molecule has 7 rings (SSSR count). The van der Waals surface area contributed by atoms with Crippen molar-refractivity contribution < 1.29 is 17.7 Å². The van der Waals surface area contributed by atoms with Gasteiger partial charge in [0.25, 0.3) is 10.0 Å². The minimum absolute atomic E-state index is 0.0195. The number of carbonyl (C=O) groups is 1. The van der Waals surface area contributed by atoms with Gasteiger partial charge in [0.05, 0.1) is 15.8 Å². The molecule has 0 saturated heterocycles. The van der Waals surface area contributed by atoms with Crippen LogP contribution in [0.5, 0.6) is 0 Å². The highest BCUT2D eigenvalue weighted by Crippen LogP contribution is 2.64. The van der Waals surface area contributed by atoms with Crippen molar-refractivity contribution in [3.63, 3.8) is 0 Å². The molecule has 2 N–H and O–H groups in total. The topological polar surface area (TPSA) is 132 Å². The van der Waals surface area contributed by atoms with E-state index in [0.717, 1.165) is 32.1 Å². The lowest BCUT2D eigenvalue weighted by molar-refractivity contribution is -0.150. The van der Waals surface area contributed by atoms with E-state index in [1.54, 1.807) is 25.4 Å². The maximum Gasteiger partial charge on any atom is 0.263 e. The van der Waals surface area contributed by atoms with E-state index in [4.69, 9.17) is 16.1 Å². The van der Waals surface area contributed by atoms with Crippen LogP contribution in [-0.4, -0.2) is 34.2 Å². The van der Waals surface area contributed by atoms with Crippen LogP contribution in [0.2, 0.25) is 5.28 Å². The van der Waals surface area contributed by atoms with Crippen molar-refractivity contribution in [2.24, 2.45) is 17.3 Å². The number of halogens is 1. The van der Waals surface area contributed by atoms with E-state index >= 15 is 0 Å². The van der Waals surface area contributed by atoms with Gasteiger partial charge in [-0.25, -0.2) is 18.1 Å². The monoisotopic (exact) mass is 516 g/mol. The fourth-order valence-corrected chi connectivity index (χ4v) is 7.92. The van der Waals surface area contributed by atoms with Gasteiger partial charge < -0.3 is 9.84 Å². The second kappa shape index (κ2) is 7.79. The predicted molar refractivity (Wildman–Crippen MR) is 127 cm³/mol. The van der Waals surface area contributed by atoms with Gasteiger partial charge in [-0.15, -0.1) is 5.10 Å². The number of hydrogen-bond acceptors (Lipinski definition) is 7. The first kappa shape index (κ1) is 22.5. The van der Waals surface area contributed by atoms with Gasteiger partial charge in [-0.3, -0.25) is 9.52 Å². The van der Waals surface area contributed by atoms with Crippen LogP contribution in [0.15, 0.2) is 46.1 Å². The summed E-state index contributed by atoms with van der Waals surface area (Å²) in [6, 6.07) is 7.63. The molecule has 1 aromatic carbocycles. The molecule has 4 fully saturated rings. The summed E-state index contributed by atoms with van der Waals surface area (Å²) in [5.41, 5.74) is -0.163. The second-order valence-electron chi connectivity index (χ2n) is 10.3. The predicted octanol–water partition coefficient (Wildman–Crippen LogP) is 3.96. The van der Waals surface area contributed by atoms with Crippen LogP contribution in [0.3, 0.4) is 0 Å². The van der Waals surface area contributed by atoms with Crippen molar-refractivity contribution >= 4 is 39.0 Å². The Morgan fingerprint density at radius 3 is 2.49 bits per heavy atom. The number of anilines is 2. The number of benzene rings is 1. The number of aryl methyl sites for hydroxylation is 1. The smallest absolute Gasteiger partial charge is 0.263 e. The molecule has 4 saturated carbocycles. The summed E-state index contributed by atoms with van der Waals surface area (Å²) in [6.07, 6.45) is 7.22. The van der Waals surface area contributed by atoms with E-state index < -0.39 is 15.4 Å². The van der Waals surface area contributed by atoms with Crippen molar-refractivity contribution in [1.82, 2.24) is 19.9 Å². The summed E-state index contributed by atoms with van der Waals surface area (Å²) < 4.78 is 34.5. The van der Waals surface area contributed by atoms with Crippen LogP contribution in [0.25, 0.3) is 0 Å². The van der Waals surface area contributed by atoms with Gasteiger partial charge in [-0.05, 0) is 93.2 Å². The zero-order valence-corrected chi connectivity index (χ0v) is 20.6. The number of hydrogen-bond donors (Lipinski definition) is 2. The standard InChI is InChI=1S/C23H25ClN6O4S/c1-14-6-19(28-34-14)29-35(32,33)18-4-2-17(3-5-18)26-20(31)22-8-15-7-16(9-22)11-23(10-15,12-22)30-13-25-21(24)27-30/h2-6,13,15-16H,7-12H2,1H3,(H,26,31)(H,28,29)/t15-,16-,22?,23?/m0/s1. The molecule has 4 aliphatic carbocycles. The van der Waals surface area contributed by atoms with Gasteiger partial charge >= 0.3 is 0 Å². The average Bonchev–Trinajstić information content (AvgIpc) is 3.41. The third-order valence-electron chi connectivity index (χ3n) is 7.75. The maximum atomic E-state index is 13.6. The van der Waals surface area contributed by atoms with Crippen molar-refractivity contribution in [2.75, 3.05) is 10.0 Å². The highest BCUT2D eigenvalue weighted by molar-refractivity contribution is 7.92. The van der Waals surface area contributed by atoms with Gasteiger partial charge in [0.15, 0.2) is 5.82 Å². The van der Waals surface area contributed by atoms with Crippen molar-refractivity contribution in [2.45, 2.75) is 55.9 Å². The van der Waals surface area contributed by atoms with Gasteiger partial charge in [0, 0.05) is 11.8 Å². The molecule has 10 nitrogen and oxygen atoms in total. The molecule has 0 unspecified atom stereocenters. The normalized spacial score (nSPS) is 29.3. The Hall–Kier alpha value is -2.92. The van der Waals surface area contributed by atoms with E-state index in [1.165, 1.54) is 18.2 Å². The lowest BCUT2D eigenvalue weighted by Crippen LogP contribution is -2.60. The van der Waals surface area contributed by atoms with Crippen LogP contribution in [0.4, 0.5) is 11.5 Å². The summed E-state index contributed by atoms with van der Waals surface area (Å²) in [7, 11) is -3.83. The molecule has 2 atom stereocenters. The Kier molecular flexibility index (Phi) is 5.02. The molecule has 12 heteroatoms. The number of nitrogens with zero attached hydrogens (tertiary/aromatic N) is 4. The Balaban J connectivity index is 1.20. The highest BCUT2D eigenvalue weighted by atomic mass is 35.5. The molecule has 0 radical (unpaired) electrons. The Labute approximate surface area is 207 Å². The molecule has 2 aromatic heterocycles. The third kappa shape index (κ3) is 3.90. The van der Waals surface area contributed by atoms with Crippen LogP contribution >= 0.6 is 11.6 Å². The molecule has 0 spiro atoms. The fourth-order valence-electron chi connectivity index (χ4n) is 6.81. The van der Waals surface area contributed by atoms with E-state index in [9.17, 15) is 13.2 Å². The first-order chi connectivity index (χ1) is 16.6. The molecule has 4 bridgehead atoms. The lowest BCUT2D eigenvalue weighted by atomic mass is 9.46. The molecule has 184 valence electrons. The van der Waals surface area contributed by atoms with Crippen LogP contribution in [0.1, 0.15) is 44.3 Å². The Morgan fingerprint density at radius 2 is 1.89 bits per heavy atom. The Bertz CT molecular complexity index is 1390. The van der Waals surface area contributed by atoms with E-state index in [-0.39, 0.29) is 27.4 Å². The number of carbonyl (C=O) groups excluding carboxylic acids is 1. The largest absolute Gasteiger partial charge is 0.360 e. The summed E-state index contributed by atoms with van der Waals surface area (Å²) in [5.74, 6) is 1.52. The molecule has 4 aliphatic rings. The lowest BCUT2D eigenvalue weighted by Gasteiger charge is -2.60. The molecular weight excluding hydrogens is 492 g/mol. The van der Waals surface area contributed by atoms with Crippen molar-refractivity contribution in [3.05, 3.63) is 47.7 Å². The number of aromatic nitrogens is 4. The van der Waals surface area contributed by atoms with Gasteiger partial charge in [-0.1, -0.05) is 5.16 Å². The quantitative estimate of drug-likeness (QED) is 0.506. The van der Waals surface area contributed by atoms with Crippen molar-refractivity contribution in [3.8, 4) is 0 Å². The molecule has 35 heavy (non-hydrogen) atoms. The van der Waals surface area contributed by atoms with Crippen LogP contribution in [0, 0.1) is 24.2 Å². The minimum Gasteiger partial charge on any atom is -0.360 e. The SMILES string of the molecule is Cc1cc(NS(=O)(=O)c2ccc(NC(=O)C34C[C@@H]5C[C@@H](C3)CC(n3cnc(Cl)n3)(C5)C4)cc2)no1. The van der Waals surface area contributed by atoms with Crippen molar-refractivity contribution in [1.29, 1.82) is 0 Å². The van der Waals surface area contributed by atoms with E-state index in [1.807, 2.05) is 4.68 Å². The first-order valence-corrected chi connectivity index (χ1v) is 13.5. The highest BCUT2D eigenvalue weighted by Gasteiger charge is 2.61. The zero-order valence-electron chi connectivity index (χ0n) is 19.1. The average molecular weight is 517 g/mol. The number of nitrogens with one attached hydrogen (secondary N) is 2. The van der Waals surface area contributed by atoms with E-state index in [2.05, 4.69) is 25.3 Å². The zero-order chi connectivity index (χ0) is 24.4. The second-order valence-corrected chi connectivity index (χ2v) is 12.4. The first-order valence-electron chi connectivity index (χ1n) is 11.6. The van der Waals surface area contributed by atoms with Crippen LogP contribution in [-0.2, 0) is 20.4 Å². The summed E-state index contributed by atoms with van der Waals surface area (Å²) in [6.45, 7) is 1.68. The molecular formula is C23H25ClN6O4S. The minimum atomic E-state index is -3.83. The summed E-state index contributed by atoms with van der Waals surface area (Å²) in [5, 5.41) is 11.3. The molecule has 2 heterocycles. The Morgan fingerprint density at radius 1 is 1.17 bits per heavy atom. The molecule has 3 aromatic rings.